The Labute approximate surface area is 121 Å². The molecule has 0 saturated heterocycles. The Morgan fingerprint density at radius 2 is 2.20 bits per heavy atom. The lowest BCUT2D eigenvalue weighted by Crippen LogP contribution is -2.05. The molecule has 1 aliphatic carbocycles. The summed E-state index contributed by atoms with van der Waals surface area (Å²) in [6.07, 6.45) is 7.56. The maximum Gasteiger partial charge on any atom is 0.132 e. The Hall–Kier alpha value is -1.99. The van der Waals surface area contributed by atoms with Crippen LogP contribution in [0.5, 0.6) is 0 Å². The van der Waals surface area contributed by atoms with E-state index in [0.717, 1.165) is 18.7 Å². The van der Waals surface area contributed by atoms with Gasteiger partial charge in [0.1, 0.15) is 23.2 Å². The smallest absolute Gasteiger partial charge is 0.132 e. The molecule has 1 heterocycles. The van der Waals surface area contributed by atoms with E-state index in [0.29, 0.717) is 34.6 Å². The minimum Gasteiger partial charge on any atom is -0.383 e. The van der Waals surface area contributed by atoms with Gasteiger partial charge in [-0.1, -0.05) is 17.5 Å². The molecular weight excluding hydrogens is 277 g/mol. The molecule has 2 N–H and O–H groups in total. The summed E-state index contributed by atoms with van der Waals surface area (Å²) in [5.41, 5.74) is 7.25. The molecule has 1 aliphatic rings. The van der Waals surface area contributed by atoms with Gasteiger partial charge in [0.15, 0.2) is 0 Å². The van der Waals surface area contributed by atoms with Crippen LogP contribution in [0.1, 0.15) is 24.6 Å². The van der Waals surface area contributed by atoms with Crippen molar-refractivity contribution in [2.45, 2.75) is 25.3 Å². The summed E-state index contributed by atoms with van der Waals surface area (Å²) in [6, 6.07) is 4.28. The molecule has 1 saturated carbocycles. The minimum absolute atomic E-state index is 0.318. The van der Waals surface area contributed by atoms with Crippen molar-refractivity contribution in [1.82, 2.24) is 9.55 Å². The van der Waals surface area contributed by atoms with Gasteiger partial charge in [-0.15, -0.1) is 6.42 Å². The molecule has 5 heteroatoms. The van der Waals surface area contributed by atoms with Crippen LogP contribution in [0, 0.1) is 18.2 Å². The fourth-order valence-electron chi connectivity index (χ4n) is 2.30. The van der Waals surface area contributed by atoms with Crippen LogP contribution in [0.4, 0.5) is 10.2 Å². The van der Waals surface area contributed by atoms with Crippen molar-refractivity contribution in [3.8, 4) is 23.6 Å². The van der Waals surface area contributed by atoms with Gasteiger partial charge in [0.05, 0.1) is 6.54 Å². The zero-order valence-electron chi connectivity index (χ0n) is 10.7. The normalized spacial score (nSPS) is 14.2. The Balaban J connectivity index is 2.14. The number of hydrogen-bond donors (Lipinski definition) is 1. The summed E-state index contributed by atoms with van der Waals surface area (Å²) in [7, 11) is 0. The summed E-state index contributed by atoms with van der Waals surface area (Å²) in [6.45, 7) is 0.369. The van der Waals surface area contributed by atoms with E-state index >= 15 is 0 Å². The van der Waals surface area contributed by atoms with Crippen LogP contribution in [0.2, 0.25) is 5.02 Å². The minimum atomic E-state index is -0.411. The van der Waals surface area contributed by atoms with Crippen molar-refractivity contribution in [3.63, 3.8) is 0 Å². The van der Waals surface area contributed by atoms with E-state index in [4.69, 9.17) is 23.8 Å². The second-order valence-electron chi connectivity index (χ2n) is 4.93. The lowest BCUT2D eigenvalue weighted by Gasteiger charge is -2.05. The number of benzene rings is 1. The third-order valence-electron chi connectivity index (χ3n) is 3.36. The predicted octanol–water partition coefficient (Wildman–Crippen LogP) is 3.44. The van der Waals surface area contributed by atoms with Gasteiger partial charge in [0.2, 0.25) is 0 Å². The Morgan fingerprint density at radius 1 is 1.45 bits per heavy atom. The first-order valence-electron chi connectivity index (χ1n) is 6.36. The first-order valence-corrected chi connectivity index (χ1v) is 6.73. The summed E-state index contributed by atoms with van der Waals surface area (Å²) < 4.78 is 15.3. The maximum absolute atomic E-state index is 13.5. The first-order chi connectivity index (χ1) is 9.60. The zero-order valence-corrected chi connectivity index (χ0v) is 11.5. The molecule has 1 aromatic heterocycles. The molecule has 1 aromatic carbocycles. The molecule has 20 heavy (non-hydrogen) atoms. The van der Waals surface area contributed by atoms with E-state index < -0.39 is 5.82 Å². The highest BCUT2D eigenvalue weighted by atomic mass is 35.5. The molecule has 0 amide bonds. The number of nitrogens with two attached hydrogens (primary N) is 1. The van der Waals surface area contributed by atoms with Crippen LogP contribution in [0.25, 0.3) is 11.3 Å². The molecule has 0 unspecified atom stereocenters. The van der Waals surface area contributed by atoms with Crippen LogP contribution in [-0.2, 0) is 6.54 Å². The number of nitrogen functional groups attached to an aromatic ring is 1. The quantitative estimate of drug-likeness (QED) is 0.880. The summed E-state index contributed by atoms with van der Waals surface area (Å²) in [5.74, 6) is 3.92. The van der Waals surface area contributed by atoms with E-state index in [2.05, 4.69) is 10.9 Å². The van der Waals surface area contributed by atoms with Crippen LogP contribution < -0.4 is 5.73 Å². The Bertz CT molecular complexity index is 690. The molecule has 3 nitrogen and oxygen atoms in total. The van der Waals surface area contributed by atoms with Crippen molar-refractivity contribution in [1.29, 1.82) is 0 Å². The predicted molar refractivity (Wildman–Crippen MR) is 77.9 cm³/mol. The zero-order chi connectivity index (χ0) is 14.3. The van der Waals surface area contributed by atoms with Gasteiger partial charge in [-0.3, -0.25) is 0 Å². The molecule has 0 bridgehead atoms. The van der Waals surface area contributed by atoms with Crippen molar-refractivity contribution in [2.75, 3.05) is 5.73 Å². The lowest BCUT2D eigenvalue weighted by atomic mass is 10.1. The van der Waals surface area contributed by atoms with Gasteiger partial charge >= 0.3 is 0 Å². The van der Waals surface area contributed by atoms with Crippen molar-refractivity contribution < 1.29 is 4.39 Å². The van der Waals surface area contributed by atoms with Crippen LogP contribution in [0.3, 0.4) is 0 Å². The van der Waals surface area contributed by atoms with Crippen molar-refractivity contribution in [2.24, 2.45) is 0 Å². The van der Waals surface area contributed by atoms with Gasteiger partial charge in [0.25, 0.3) is 0 Å². The molecule has 2 aromatic rings. The van der Waals surface area contributed by atoms with Gasteiger partial charge < -0.3 is 10.3 Å². The van der Waals surface area contributed by atoms with E-state index in [1.807, 2.05) is 4.57 Å². The highest BCUT2D eigenvalue weighted by molar-refractivity contribution is 6.30. The number of hydrogen-bond acceptors (Lipinski definition) is 2. The van der Waals surface area contributed by atoms with Crippen molar-refractivity contribution >= 4 is 17.4 Å². The third-order valence-corrected chi connectivity index (χ3v) is 3.58. The SMILES string of the molecule is C#CCn1c(C2CC2)nc(-c2cc(F)cc(Cl)c2)c1N. The molecule has 1 fully saturated rings. The highest BCUT2D eigenvalue weighted by Crippen LogP contribution is 2.42. The largest absolute Gasteiger partial charge is 0.383 e. The Morgan fingerprint density at radius 3 is 2.80 bits per heavy atom. The number of rotatable bonds is 3. The molecule has 0 atom stereocenters. The van der Waals surface area contributed by atoms with Crippen LogP contribution in [-0.4, -0.2) is 9.55 Å². The topological polar surface area (TPSA) is 43.8 Å². The average Bonchev–Trinajstić information content (AvgIpc) is 3.16. The third kappa shape index (κ3) is 2.25. The molecule has 0 aliphatic heterocycles. The first kappa shape index (κ1) is 13.0. The maximum atomic E-state index is 13.5. The monoisotopic (exact) mass is 289 g/mol. The number of nitrogens with zero attached hydrogens (tertiary/aromatic N) is 2. The number of anilines is 1. The molecule has 0 spiro atoms. The van der Waals surface area contributed by atoms with E-state index in [1.165, 1.54) is 12.1 Å². The van der Waals surface area contributed by atoms with Gasteiger partial charge in [0, 0.05) is 16.5 Å². The highest BCUT2D eigenvalue weighted by Gasteiger charge is 2.30. The fourth-order valence-corrected chi connectivity index (χ4v) is 2.52. The van der Waals surface area contributed by atoms with Crippen LogP contribution >= 0.6 is 11.6 Å². The fraction of sp³-hybridized carbons (Fsp3) is 0.267. The van der Waals surface area contributed by atoms with Gasteiger partial charge in [-0.2, -0.15) is 0 Å². The van der Waals surface area contributed by atoms with Crippen LogP contribution in [0.15, 0.2) is 18.2 Å². The van der Waals surface area contributed by atoms with E-state index in [9.17, 15) is 4.39 Å². The second kappa shape index (κ2) is 4.84. The number of halogens is 2. The number of terminal acetylenes is 1. The van der Waals surface area contributed by atoms with Gasteiger partial charge in [-0.05, 0) is 31.0 Å². The van der Waals surface area contributed by atoms with E-state index in [1.54, 1.807) is 6.07 Å². The number of imidazole rings is 1. The van der Waals surface area contributed by atoms with E-state index in [-0.39, 0.29) is 0 Å². The molecular formula is C15H13ClFN3. The molecule has 3 rings (SSSR count). The van der Waals surface area contributed by atoms with Gasteiger partial charge in [-0.25, -0.2) is 9.37 Å². The summed E-state index contributed by atoms with van der Waals surface area (Å²) >= 11 is 5.89. The summed E-state index contributed by atoms with van der Waals surface area (Å²) in [4.78, 5) is 4.56. The Kier molecular flexibility index (Phi) is 3.15. The summed E-state index contributed by atoms with van der Waals surface area (Å²) in [5, 5.41) is 0.318. The molecule has 0 radical (unpaired) electrons. The lowest BCUT2D eigenvalue weighted by molar-refractivity contribution is 0.628. The van der Waals surface area contributed by atoms with Crippen molar-refractivity contribution in [3.05, 3.63) is 34.9 Å². The molecule has 102 valence electrons. The average molecular weight is 290 g/mol. The number of aromatic nitrogens is 2. The standard InChI is InChI=1S/C15H13ClFN3/c1-2-5-20-14(18)13(19-15(20)9-3-4-9)10-6-11(16)8-12(17)7-10/h1,6-9H,3-5,18H2. The second-order valence-corrected chi connectivity index (χ2v) is 5.36.